The van der Waals surface area contributed by atoms with Gasteiger partial charge in [-0.1, -0.05) is 13.0 Å². The summed E-state index contributed by atoms with van der Waals surface area (Å²) in [4.78, 5) is 25.4. The van der Waals surface area contributed by atoms with E-state index in [1.807, 2.05) is 0 Å². The van der Waals surface area contributed by atoms with Crippen molar-refractivity contribution >= 4 is 11.6 Å². The van der Waals surface area contributed by atoms with E-state index >= 15 is 0 Å². The van der Waals surface area contributed by atoms with Gasteiger partial charge in [0.15, 0.2) is 0 Å². The third kappa shape index (κ3) is 1.77. The molecule has 1 spiro atoms. The van der Waals surface area contributed by atoms with Gasteiger partial charge in [0, 0.05) is 24.7 Å². The number of ketones is 2. The SMILES string of the molecule is COc1ccc2c(c1)CC[C@@H]1[C@@H]2CC[C@]2(C)C(=O)C[C@H]3CC(=O)C[C@@]312. The van der Waals surface area contributed by atoms with Gasteiger partial charge in [-0.05, 0) is 72.1 Å². The Balaban J connectivity index is 1.62. The van der Waals surface area contributed by atoms with Crippen LogP contribution in [-0.2, 0) is 16.0 Å². The van der Waals surface area contributed by atoms with Crippen molar-refractivity contribution < 1.29 is 14.3 Å². The smallest absolute Gasteiger partial charge is 0.139 e. The molecule has 4 aliphatic carbocycles. The number of benzene rings is 1. The molecule has 1 aromatic rings. The first kappa shape index (κ1) is 15.6. The summed E-state index contributed by atoms with van der Waals surface area (Å²) < 4.78 is 5.41. The fourth-order valence-electron chi connectivity index (χ4n) is 7.26. The van der Waals surface area contributed by atoms with Gasteiger partial charge in [0.25, 0.3) is 0 Å². The molecule has 0 saturated heterocycles. The number of ether oxygens (including phenoxy) is 1. The molecule has 0 bridgehead atoms. The van der Waals surface area contributed by atoms with Crippen LogP contribution in [0.1, 0.15) is 62.5 Å². The summed E-state index contributed by atoms with van der Waals surface area (Å²) in [7, 11) is 1.72. The second-order valence-electron chi connectivity index (χ2n) is 8.97. The summed E-state index contributed by atoms with van der Waals surface area (Å²) >= 11 is 0. The lowest BCUT2D eigenvalue weighted by Crippen LogP contribution is -2.52. The molecule has 0 unspecified atom stereocenters. The molecule has 25 heavy (non-hydrogen) atoms. The topological polar surface area (TPSA) is 43.4 Å². The van der Waals surface area contributed by atoms with Crippen molar-refractivity contribution in [2.24, 2.45) is 22.7 Å². The average Bonchev–Trinajstić information content (AvgIpc) is 3.03. The summed E-state index contributed by atoms with van der Waals surface area (Å²) in [5.74, 6) is 3.04. The van der Waals surface area contributed by atoms with Crippen LogP contribution in [0.3, 0.4) is 0 Å². The van der Waals surface area contributed by atoms with E-state index in [-0.39, 0.29) is 10.8 Å². The summed E-state index contributed by atoms with van der Waals surface area (Å²) in [5.41, 5.74) is 2.52. The number of Topliss-reactive ketones (excluding diaryl/α,β-unsaturated/α-hetero) is 2. The first-order valence-electron chi connectivity index (χ1n) is 9.71. The van der Waals surface area contributed by atoms with Gasteiger partial charge in [0.05, 0.1) is 7.11 Å². The molecule has 0 N–H and O–H groups in total. The van der Waals surface area contributed by atoms with Crippen molar-refractivity contribution in [3.05, 3.63) is 29.3 Å². The highest BCUT2D eigenvalue weighted by Crippen LogP contribution is 2.73. The van der Waals surface area contributed by atoms with E-state index in [4.69, 9.17) is 4.74 Å². The standard InChI is InChI=1S/C22H26O3/c1-21-8-7-18-17-5-4-16(25-2)9-13(17)3-6-19(18)22(21)12-15(23)10-14(22)11-20(21)24/h4-5,9,14,18-19H,3,6-8,10-12H2,1-2H3/t14-,18-,19-,21-,22-/m1/s1. The van der Waals surface area contributed by atoms with Gasteiger partial charge in [0.1, 0.15) is 17.3 Å². The Morgan fingerprint density at radius 3 is 2.80 bits per heavy atom. The van der Waals surface area contributed by atoms with Gasteiger partial charge in [0.2, 0.25) is 0 Å². The average molecular weight is 338 g/mol. The van der Waals surface area contributed by atoms with Gasteiger partial charge >= 0.3 is 0 Å². The second kappa shape index (κ2) is 4.96. The summed E-state index contributed by atoms with van der Waals surface area (Å²) in [5, 5.41) is 0. The van der Waals surface area contributed by atoms with Crippen LogP contribution in [0.5, 0.6) is 5.75 Å². The highest BCUT2D eigenvalue weighted by atomic mass is 16.5. The zero-order chi connectivity index (χ0) is 17.4. The predicted molar refractivity (Wildman–Crippen MR) is 94.7 cm³/mol. The first-order valence-corrected chi connectivity index (χ1v) is 9.71. The van der Waals surface area contributed by atoms with Gasteiger partial charge < -0.3 is 4.74 Å². The maximum atomic E-state index is 12.9. The maximum Gasteiger partial charge on any atom is 0.139 e. The fraction of sp³-hybridized carbons (Fsp3) is 0.636. The van der Waals surface area contributed by atoms with Crippen LogP contribution < -0.4 is 4.74 Å². The normalized spacial score (nSPS) is 41.8. The number of aryl methyl sites for hydroxylation is 1. The molecule has 5 atom stereocenters. The third-order valence-corrected chi connectivity index (χ3v) is 8.34. The van der Waals surface area contributed by atoms with Gasteiger partial charge in [-0.25, -0.2) is 0 Å². The molecule has 0 heterocycles. The Labute approximate surface area is 149 Å². The predicted octanol–water partition coefficient (Wildman–Crippen LogP) is 4.08. The zero-order valence-corrected chi connectivity index (χ0v) is 15.1. The van der Waals surface area contributed by atoms with Crippen molar-refractivity contribution in [2.45, 2.75) is 57.8 Å². The number of hydrogen-bond donors (Lipinski definition) is 0. The number of methoxy groups -OCH3 is 1. The molecule has 0 amide bonds. The van der Waals surface area contributed by atoms with E-state index < -0.39 is 0 Å². The van der Waals surface area contributed by atoms with Crippen LogP contribution in [0.4, 0.5) is 0 Å². The minimum atomic E-state index is -0.269. The van der Waals surface area contributed by atoms with Crippen molar-refractivity contribution in [3.63, 3.8) is 0 Å². The number of carbonyl (C=O) groups excluding carboxylic acids is 2. The zero-order valence-electron chi connectivity index (χ0n) is 15.1. The van der Waals surface area contributed by atoms with Crippen LogP contribution in [0, 0.1) is 22.7 Å². The fourth-order valence-corrected chi connectivity index (χ4v) is 7.26. The Kier molecular flexibility index (Phi) is 3.09. The van der Waals surface area contributed by atoms with Crippen LogP contribution in [0.25, 0.3) is 0 Å². The van der Waals surface area contributed by atoms with Gasteiger partial charge in [-0.15, -0.1) is 0 Å². The minimum absolute atomic E-state index is 0.0678. The van der Waals surface area contributed by atoms with Crippen molar-refractivity contribution in [1.29, 1.82) is 0 Å². The van der Waals surface area contributed by atoms with E-state index in [9.17, 15) is 9.59 Å². The largest absolute Gasteiger partial charge is 0.497 e. The van der Waals surface area contributed by atoms with E-state index in [2.05, 4.69) is 25.1 Å². The highest BCUT2D eigenvalue weighted by molar-refractivity contribution is 5.94. The van der Waals surface area contributed by atoms with E-state index in [1.54, 1.807) is 7.11 Å². The molecule has 3 fully saturated rings. The molecule has 0 aromatic heterocycles. The molecule has 0 aliphatic heterocycles. The molecule has 1 aromatic carbocycles. The quantitative estimate of drug-likeness (QED) is 0.775. The molecule has 3 saturated carbocycles. The van der Waals surface area contributed by atoms with E-state index in [1.165, 1.54) is 11.1 Å². The lowest BCUT2D eigenvalue weighted by molar-refractivity contribution is -0.139. The number of fused-ring (bicyclic) bond motifs is 3. The number of carbonyl (C=O) groups is 2. The lowest BCUT2D eigenvalue weighted by Gasteiger charge is -2.56. The van der Waals surface area contributed by atoms with Crippen LogP contribution in [0.2, 0.25) is 0 Å². The van der Waals surface area contributed by atoms with Crippen molar-refractivity contribution in [3.8, 4) is 5.75 Å². The van der Waals surface area contributed by atoms with Crippen molar-refractivity contribution in [2.75, 3.05) is 7.11 Å². The maximum absolute atomic E-state index is 12.9. The Bertz CT molecular complexity index is 781. The van der Waals surface area contributed by atoms with Crippen LogP contribution in [0.15, 0.2) is 18.2 Å². The molecule has 3 nitrogen and oxygen atoms in total. The molecule has 3 heteroatoms. The molecule has 132 valence electrons. The first-order chi connectivity index (χ1) is 12.0. The lowest BCUT2D eigenvalue weighted by atomic mass is 9.46. The number of rotatable bonds is 1. The van der Waals surface area contributed by atoms with Gasteiger partial charge in [-0.3, -0.25) is 9.59 Å². The van der Waals surface area contributed by atoms with Crippen molar-refractivity contribution in [1.82, 2.24) is 0 Å². The number of hydrogen-bond acceptors (Lipinski definition) is 3. The van der Waals surface area contributed by atoms with Crippen LogP contribution >= 0.6 is 0 Å². The monoisotopic (exact) mass is 338 g/mol. The molecular formula is C22H26O3. The third-order valence-electron chi connectivity index (χ3n) is 8.34. The molecule has 0 radical (unpaired) electrons. The van der Waals surface area contributed by atoms with Crippen LogP contribution in [-0.4, -0.2) is 18.7 Å². The Morgan fingerprint density at radius 2 is 2.00 bits per heavy atom. The summed E-state index contributed by atoms with van der Waals surface area (Å²) in [6.07, 6.45) is 6.10. The molecule has 5 rings (SSSR count). The van der Waals surface area contributed by atoms with Gasteiger partial charge in [-0.2, -0.15) is 0 Å². The molecular weight excluding hydrogens is 312 g/mol. The second-order valence-corrected chi connectivity index (χ2v) is 8.97. The minimum Gasteiger partial charge on any atom is -0.497 e. The van der Waals surface area contributed by atoms with E-state index in [0.717, 1.165) is 31.4 Å². The van der Waals surface area contributed by atoms with E-state index in [0.29, 0.717) is 48.6 Å². The Morgan fingerprint density at radius 1 is 1.16 bits per heavy atom. The highest BCUT2D eigenvalue weighted by Gasteiger charge is 2.71. The summed E-state index contributed by atoms with van der Waals surface area (Å²) in [6, 6.07) is 6.50. The summed E-state index contributed by atoms with van der Waals surface area (Å²) in [6.45, 7) is 2.19. The molecule has 4 aliphatic rings. The Hall–Kier alpha value is -1.64.